The second-order valence-corrected chi connectivity index (χ2v) is 8.59. The Balaban J connectivity index is 1.72. The standard InChI is InChI=1S/C22H19F5N6O3/c1-20(8-28)5-13-17(22(25,26)27)35-9-21(13,33-19(20)29)12-4-11(2-3-14(12)24)32-18(34)15-6-31-16(7-30-15)36-10-23/h2-4,6-7,13,17H,5,9-10H2,1H3,(H2,29,33)(H,32,34)/t13-,17+,20+,21-/m1/s1. The normalized spacial score (nSPS) is 27.5. The summed E-state index contributed by atoms with van der Waals surface area (Å²) >= 11 is 0. The molecule has 1 amide bonds. The molecule has 1 aromatic carbocycles. The van der Waals surface area contributed by atoms with Gasteiger partial charge in [0.05, 0.1) is 25.1 Å². The molecule has 1 fully saturated rings. The monoisotopic (exact) mass is 510 g/mol. The number of amides is 1. The average Bonchev–Trinajstić information content (AvgIpc) is 3.20. The van der Waals surface area contributed by atoms with E-state index < -0.39 is 54.3 Å². The zero-order chi connectivity index (χ0) is 26.3. The van der Waals surface area contributed by atoms with Gasteiger partial charge in [-0.1, -0.05) is 0 Å². The second kappa shape index (κ2) is 8.98. The highest BCUT2D eigenvalue weighted by Gasteiger charge is 2.64. The van der Waals surface area contributed by atoms with E-state index >= 15 is 4.39 Å². The van der Waals surface area contributed by atoms with Gasteiger partial charge in [-0.05, 0) is 31.5 Å². The molecule has 0 bridgehead atoms. The van der Waals surface area contributed by atoms with Gasteiger partial charge in [-0.3, -0.25) is 9.79 Å². The number of aromatic nitrogens is 2. The number of nitrogens with zero attached hydrogens (tertiary/aromatic N) is 4. The van der Waals surface area contributed by atoms with Crippen LogP contribution in [0, 0.1) is 28.5 Å². The van der Waals surface area contributed by atoms with Gasteiger partial charge in [0.25, 0.3) is 5.91 Å². The maximum Gasteiger partial charge on any atom is 0.415 e. The van der Waals surface area contributed by atoms with Crippen LogP contribution in [-0.2, 0) is 10.3 Å². The SMILES string of the molecule is C[C@@]1(C#N)C[C@@H]2[C@@H](C(F)(F)F)OC[C@]2(c2cc(NC(=O)c3cnc(OCF)cn3)ccc2F)N=C1N. The van der Waals surface area contributed by atoms with Gasteiger partial charge in [-0.2, -0.15) is 18.4 Å². The van der Waals surface area contributed by atoms with E-state index in [0.29, 0.717) is 0 Å². The molecule has 0 spiro atoms. The Morgan fingerprint density at radius 1 is 1.36 bits per heavy atom. The van der Waals surface area contributed by atoms with Gasteiger partial charge in [0.15, 0.2) is 6.10 Å². The molecule has 2 aromatic rings. The lowest BCUT2D eigenvalue weighted by molar-refractivity contribution is -0.218. The van der Waals surface area contributed by atoms with Crippen LogP contribution >= 0.6 is 0 Å². The fourth-order valence-electron chi connectivity index (χ4n) is 4.42. The lowest BCUT2D eigenvalue weighted by Crippen LogP contribution is -2.51. The first-order valence-electron chi connectivity index (χ1n) is 10.5. The summed E-state index contributed by atoms with van der Waals surface area (Å²) in [6, 6.07) is 5.20. The largest absolute Gasteiger partial charge is 0.445 e. The Bertz CT molecular complexity index is 1250. The molecule has 2 aliphatic rings. The van der Waals surface area contributed by atoms with Crippen molar-refractivity contribution in [2.24, 2.45) is 22.1 Å². The molecule has 0 saturated carbocycles. The van der Waals surface area contributed by atoms with Gasteiger partial charge in [-0.25, -0.2) is 18.7 Å². The van der Waals surface area contributed by atoms with Crippen molar-refractivity contribution in [2.45, 2.75) is 31.2 Å². The number of nitrogens with one attached hydrogen (secondary N) is 1. The Kier molecular flexibility index (Phi) is 6.29. The zero-order valence-corrected chi connectivity index (χ0v) is 18.6. The Hall–Kier alpha value is -3.86. The van der Waals surface area contributed by atoms with Crippen molar-refractivity contribution in [1.29, 1.82) is 5.26 Å². The van der Waals surface area contributed by atoms with Gasteiger partial charge in [0, 0.05) is 17.2 Å². The lowest BCUT2D eigenvalue weighted by Gasteiger charge is -2.42. The summed E-state index contributed by atoms with van der Waals surface area (Å²) < 4.78 is 78.3. The first-order chi connectivity index (χ1) is 16.9. The molecule has 3 N–H and O–H groups in total. The predicted molar refractivity (Wildman–Crippen MR) is 114 cm³/mol. The first kappa shape index (κ1) is 25.2. The number of halogens is 5. The number of hydrogen-bond donors (Lipinski definition) is 2. The molecule has 1 saturated heterocycles. The number of alkyl halides is 4. The van der Waals surface area contributed by atoms with Crippen LogP contribution in [0.2, 0.25) is 0 Å². The van der Waals surface area contributed by atoms with Gasteiger partial charge < -0.3 is 20.5 Å². The Morgan fingerprint density at radius 2 is 2.11 bits per heavy atom. The number of ether oxygens (including phenoxy) is 2. The molecular weight excluding hydrogens is 491 g/mol. The number of carbonyl (C=O) groups is 1. The molecule has 3 heterocycles. The minimum atomic E-state index is -4.80. The maximum absolute atomic E-state index is 15.1. The number of hydrogen-bond acceptors (Lipinski definition) is 8. The number of amidine groups is 1. The molecule has 14 heteroatoms. The Labute approximate surface area is 201 Å². The first-order valence-corrected chi connectivity index (χ1v) is 10.5. The zero-order valence-electron chi connectivity index (χ0n) is 18.6. The fourth-order valence-corrected chi connectivity index (χ4v) is 4.42. The molecule has 4 rings (SSSR count). The van der Waals surface area contributed by atoms with Crippen molar-refractivity contribution in [3.63, 3.8) is 0 Å². The molecule has 4 atom stereocenters. The number of benzene rings is 1. The van der Waals surface area contributed by atoms with Crippen LogP contribution < -0.4 is 15.8 Å². The third kappa shape index (κ3) is 4.30. The molecule has 0 radical (unpaired) electrons. The molecule has 1 aromatic heterocycles. The molecule has 2 aliphatic heterocycles. The summed E-state index contributed by atoms with van der Waals surface area (Å²) in [6.07, 6.45) is -5.44. The van der Waals surface area contributed by atoms with Gasteiger partial charge in [0.2, 0.25) is 12.7 Å². The summed E-state index contributed by atoms with van der Waals surface area (Å²) in [7, 11) is 0. The number of nitrogens with two attached hydrogens (primary N) is 1. The summed E-state index contributed by atoms with van der Waals surface area (Å²) in [5.74, 6) is -3.52. The molecule has 0 unspecified atom stereocenters. The van der Waals surface area contributed by atoms with Gasteiger partial charge >= 0.3 is 6.18 Å². The van der Waals surface area contributed by atoms with Crippen LogP contribution in [0.25, 0.3) is 0 Å². The summed E-state index contributed by atoms with van der Waals surface area (Å²) in [4.78, 5) is 24.3. The van der Waals surface area contributed by atoms with Crippen molar-refractivity contribution in [3.05, 3.63) is 47.7 Å². The van der Waals surface area contributed by atoms with Crippen LogP contribution in [0.5, 0.6) is 5.88 Å². The number of rotatable bonds is 5. The van der Waals surface area contributed by atoms with Crippen LogP contribution in [-0.4, -0.2) is 47.5 Å². The number of aliphatic imine (C=N–C) groups is 1. The highest BCUT2D eigenvalue weighted by Crippen LogP contribution is 2.55. The molecule has 190 valence electrons. The van der Waals surface area contributed by atoms with Crippen LogP contribution in [0.15, 0.2) is 35.6 Å². The number of nitriles is 1. The minimum absolute atomic E-state index is 0.0215. The number of fused-ring (bicyclic) bond motifs is 1. The summed E-state index contributed by atoms with van der Waals surface area (Å²) in [5, 5.41) is 12.0. The molecule has 0 aliphatic carbocycles. The molecular formula is C22H19F5N6O3. The average molecular weight is 510 g/mol. The number of carbonyl (C=O) groups excluding carboxylic acids is 1. The van der Waals surface area contributed by atoms with E-state index in [0.717, 1.165) is 24.5 Å². The van der Waals surface area contributed by atoms with Crippen molar-refractivity contribution in [1.82, 2.24) is 9.97 Å². The minimum Gasteiger partial charge on any atom is -0.445 e. The predicted octanol–water partition coefficient (Wildman–Crippen LogP) is 3.24. The van der Waals surface area contributed by atoms with Crippen LogP contribution in [0.3, 0.4) is 0 Å². The van der Waals surface area contributed by atoms with Crippen molar-refractivity contribution in [3.8, 4) is 11.9 Å². The summed E-state index contributed by atoms with van der Waals surface area (Å²) in [6.45, 7) is -0.417. The van der Waals surface area contributed by atoms with Gasteiger partial charge in [-0.15, -0.1) is 0 Å². The van der Waals surface area contributed by atoms with E-state index in [4.69, 9.17) is 10.5 Å². The Morgan fingerprint density at radius 3 is 2.72 bits per heavy atom. The summed E-state index contributed by atoms with van der Waals surface area (Å²) in [5.41, 5.74) is 2.15. The van der Waals surface area contributed by atoms with E-state index in [-0.39, 0.29) is 35.1 Å². The second-order valence-electron chi connectivity index (χ2n) is 8.59. The smallest absolute Gasteiger partial charge is 0.415 e. The highest BCUT2D eigenvalue weighted by molar-refractivity contribution is 6.02. The van der Waals surface area contributed by atoms with E-state index in [2.05, 4.69) is 25.0 Å². The third-order valence-electron chi connectivity index (χ3n) is 6.30. The van der Waals surface area contributed by atoms with E-state index in [1.807, 2.05) is 6.07 Å². The number of anilines is 1. The van der Waals surface area contributed by atoms with E-state index in [1.165, 1.54) is 13.0 Å². The van der Waals surface area contributed by atoms with E-state index in [1.54, 1.807) is 0 Å². The molecule has 9 nitrogen and oxygen atoms in total. The quantitative estimate of drug-likeness (QED) is 0.590. The van der Waals surface area contributed by atoms with Gasteiger partial charge in [0.1, 0.15) is 28.3 Å². The highest BCUT2D eigenvalue weighted by atomic mass is 19.4. The van der Waals surface area contributed by atoms with Crippen molar-refractivity contribution >= 4 is 17.4 Å². The van der Waals surface area contributed by atoms with Crippen molar-refractivity contribution in [2.75, 3.05) is 18.8 Å². The molecule has 36 heavy (non-hydrogen) atoms. The fraction of sp³-hybridized carbons (Fsp3) is 0.409. The maximum atomic E-state index is 15.1. The van der Waals surface area contributed by atoms with Crippen LogP contribution in [0.4, 0.5) is 27.6 Å². The topological polar surface area (TPSA) is 136 Å². The lowest BCUT2D eigenvalue weighted by atomic mass is 9.66. The van der Waals surface area contributed by atoms with E-state index in [9.17, 15) is 27.6 Å². The van der Waals surface area contributed by atoms with Crippen molar-refractivity contribution < 1.29 is 36.2 Å². The van der Waals surface area contributed by atoms with Crippen LogP contribution in [0.1, 0.15) is 29.4 Å². The third-order valence-corrected chi connectivity index (χ3v) is 6.30.